The first-order valence-corrected chi connectivity index (χ1v) is 8.21. The molecule has 3 nitrogen and oxygen atoms in total. The highest BCUT2D eigenvalue weighted by Crippen LogP contribution is 2.34. The van der Waals surface area contributed by atoms with Crippen molar-refractivity contribution in [3.63, 3.8) is 0 Å². The van der Waals surface area contributed by atoms with Gasteiger partial charge in [-0.25, -0.2) is 0 Å². The van der Waals surface area contributed by atoms with Gasteiger partial charge in [-0.3, -0.25) is 0 Å². The molecule has 0 unspecified atom stereocenters. The number of hydrogen-bond donors (Lipinski definition) is 0. The van der Waals surface area contributed by atoms with Gasteiger partial charge in [0.1, 0.15) is 0 Å². The first-order chi connectivity index (χ1) is 8.55. The molecule has 0 aliphatic rings. The molecule has 0 fully saturated rings. The van der Waals surface area contributed by atoms with E-state index in [9.17, 15) is 8.42 Å². The standard InChI is InChI=1S/C15H24O3S/c1-9(2)12-7-13(10(3)4)15(19(16,17)18)14(8-12)11(5)6/h7-11H,1-6H3,(H,16,17,18)/p+1. The van der Waals surface area contributed by atoms with Crippen LogP contribution in [0.15, 0.2) is 17.0 Å². The summed E-state index contributed by atoms with van der Waals surface area (Å²) in [4.78, 5) is 0.210. The fraction of sp³-hybridized carbons (Fsp3) is 0.600. The van der Waals surface area contributed by atoms with Crippen LogP contribution in [-0.4, -0.2) is 13.0 Å². The lowest BCUT2D eigenvalue weighted by atomic mass is 9.89. The minimum atomic E-state index is -3.95. The van der Waals surface area contributed by atoms with E-state index in [1.807, 2.05) is 39.8 Å². The Morgan fingerprint density at radius 3 is 1.42 bits per heavy atom. The highest BCUT2D eigenvalue weighted by atomic mass is 32.2. The van der Waals surface area contributed by atoms with Crippen LogP contribution in [0.2, 0.25) is 0 Å². The Labute approximate surface area is 116 Å². The van der Waals surface area contributed by atoms with Gasteiger partial charge in [0, 0.05) is 0 Å². The van der Waals surface area contributed by atoms with E-state index in [1.165, 1.54) is 0 Å². The van der Waals surface area contributed by atoms with Crippen molar-refractivity contribution in [1.29, 1.82) is 0 Å². The van der Waals surface area contributed by atoms with E-state index >= 15 is 0 Å². The van der Waals surface area contributed by atoms with Crippen molar-refractivity contribution in [1.82, 2.24) is 0 Å². The average Bonchev–Trinajstić information content (AvgIpc) is 2.25. The Balaban J connectivity index is 3.77. The lowest BCUT2D eigenvalue weighted by Gasteiger charge is -2.19. The molecule has 0 saturated carbocycles. The second-order valence-electron chi connectivity index (χ2n) is 6.00. The fourth-order valence-corrected chi connectivity index (χ4v) is 3.41. The van der Waals surface area contributed by atoms with Gasteiger partial charge in [-0.2, -0.15) is 0 Å². The number of benzene rings is 1. The van der Waals surface area contributed by atoms with Crippen LogP contribution < -0.4 is 0 Å². The molecule has 0 aliphatic heterocycles. The largest absolute Gasteiger partial charge is 0.409 e. The van der Waals surface area contributed by atoms with E-state index in [2.05, 4.69) is 13.8 Å². The van der Waals surface area contributed by atoms with E-state index in [1.54, 1.807) is 0 Å². The summed E-state index contributed by atoms with van der Waals surface area (Å²) in [5.41, 5.74) is 2.68. The third-order valence-corrected chi connectivity index (χ3v) is 4.36. The van der Waals surface area contributed by atoms with Crippen molar-refractivity contribution in [2.24, 2.45) is 0 Å². The molecular formula is C15H25O3S+. The zero-order valence-corrected chi connectivity index (χ0v) is 13.4. The number of rotatable bonds is 4. The van der Waals surface area contributed by atoms with Crippen LogP contribution in [0.5, 0.6) is 0 Å². The van der Waals surface area contributed by atoms with Crippen LogP contribution in [0.1, 0.15) is 76.0 Å². The molecule has 1 aromatic rings. The first kappa shape index (κ1) is 16.2. The molecule has 0 aliphatic carbocycles. The van der Waals surface area contributed by atoms with E-state index in [4.69, 9.17) is 4.55 Å². The highest BCUT2D eigenvalue weighted by Gasteiger charge is 2.28. The summed E-state index contributed by atoms with van der Waals surface area (Å²) >= 11 is 0. The molecule has 0 saturated heterocycles. The van der Waals surface area contributed by atoms with Gasteiger partial charge in [0.25, 0.3) is 0 Å². The fourth-order valence-electron chi connectivity index (χ4n) is 2.20. The Morgan fingerprint density at radius 2 is 1.21 bits per heavy atom. The summed E-state index contributed by atoms with van der Waals surface area (Å²) in [5, 5.41) is 0. The molecule has 0 bridgehead atoms. The minimum Gasteiger partial charge on any atom is -0.329 e. The van der Waals surface area contributed by atoms with Gasteiger partial charge in [-0.05, 0) is 34.4 Å². The molecule has 0 amide bonds. The third-order valence-electron chi connectivity index (χ3n) is 3.35. The molecule has 0 spiro atoms. The van der Waals surface area contributed by atoms with Crippen molar-refractivity contribution in [2.75, 3.05) is 0 Å². The van der Waals surface area contributed by atoms with Gasteiger partial charge in [0.05, 0.1) is 0 Å². The zero-order valence-electron chi connectivity index (χ0n) is 12.6. The van der Waals surface area contributed by atoms with Gasteiger partial charge >= 0.3 is 10.1 Å². The molecule has 19 heavy (non-hydrogen) atoms. The van der Waals surface area contributed by atoms with Gasteiger partial charge in [0.15, 0.2) is 4.90 Å². The van der Waals surface area contributed by atoms with Crippen LogP contribution in [0.25, 0.3) is 0 Å². The smallest absolute Gasteiger partial charge is 0.329 e. The summed E-state index contributed by atoms with van der Waals surface area (Å²) in [6, 6.07) is 3.89. The summed E-state index contributed by atoms with van der Waals surface area (Å²) in [5.74, 6) is 0.523. The van der Waals surface area contributed by atoms with E-state index in [-0.39, 0.29) is 16.7 Å². The SMILES string of the molecule is CC(C)c1cc(C(C)C)c(S(=O)(=O)[OH2+])c(C(C)C)c1. The molecule has 1 aromatic carbocycles. The Morgan fingerprint density at radius 1 is 0.842 bits per heavy atom. The van der Waals surface area contributed by atoms with E-state index in [0.717, 1.165) is 16.7 Å². The lowest BCUT2D eigenvalue weighted by Crippen LogP contribution is -2.11. The number of hydrogen-bond acceptors (Lipinski definition) is 2. The maximum absolute atomic E-state index is 11.8. The molecule has 0 atom stereocenters. The average molecular weight is 285 g/mol. The molecule has 1 rings (SSSR count). The topological polar surface area (TPSA) is 57.0 Å². The third kappa shape index (κ3) is 3.57. The predicted octanol–water partition coefficient (Wildman–Crippen LogP) is 3.47. The summed E-state index contributed by atoms with van der Waals surface area (Å²) in [7, 11) is -3.95. The lowest BCUT2D eigenvalue weighted by molar-refractivity contribution is 0.479. The van der Waals surface area contributed by atoms with Gasteiger partial charge in [-0.15, -0.1) is 8.42 Å². The minimum absolute atomic E-state index is 0.0892. The Bertz CT molecular complexity index is 526. The second-order valence-corrected chi connectivity index (χ2v) is 7.41. The maximum atomic E-state index is 11.8. The summed E-state index contributed by atoms with van der Waals surface area (Å²) in [6.45, 7) is 12.1. The summed E-state index contributed by atoms with van der Waals surface area (Å²) in [6.07, 6.45) is 0. The van der Waals surface area contributed by atoms with Gasteiger partial charge in [-0.1, -0.05) is 53.7 Å². The van der Waals surface area contributed by atoms with E-state index < -0.39 is 10.1 Å². The van der Waals surface area contributed by atoms with Crippen LogP contribution in [-0.2, 0) is 10.1 Å². The van der Waals surface area contributed by atoms with Crippen molar-refractivity contribution in [2.45, 2.75) is 64.2 Å². The van der Waals surface area contributed by atoms with Crippen molar-refractivity contribution < 1.29 is 13.0 Å². The normalized spacial score (nSPS) is 12.7. The molecule has 0 radical (unpaired) electrons. The summed E-state index contributed by atoms with van der Waals surface area (Å²) < 4.78 is 31.2. The maximum Gasteiger partial charge on any atom is 0.409 e. The molecule has 0 heterocycles. The molecular weight excluding hydrogens is 260 g/mol. The zero-order chi connectivity index (χ0) is 15.0. The Hall–Kier alpha value is -0.870. The molecule has 108 valence electrons. The van der Waals surface area contributed by atoms with Crippen LogP contribution in [0.4, 0.5) is 0 Å². The van der Waals surface area contributed by atoms with Crippen LogP contribution in [0, 0.1) is 0 Å². The quantitative estimate of drug-likeness (QED) is 0.795. The second kappa shape index (κ2) is 5.63. The highest BCUT2D eigenvalue weighted by molar-refractivity contribution is 7.86. The van der Waals surface area contributed by atoms with Crippen molar-refractivity contribution in [3.05, 3.63) is 28.8 Å². The predicted molar refractivity (Wildman–Crippen MR) is 79.5 cm³/mol. The van der Waals surface area contributed by atoms with E-state index in [0.29, 0.717) is 5.92 Å². The van der Waals surface area contributed by atoms with Crippen LogP contribution in [0.3, 0.4) is 0 Å². The van der Waals surface area contributed by atoms with Crippen LogP contribution >= 0.6 is 0 Å². The monoisotopic (exact) mass is 285 g/mol. The van der Waals surface area contributed by atoms with Gasteiger partial charge < -0.3 is 4.55 Å². The molecule has 0 aromatic heterocycles. The van der Waals surface area contributed by atoms with Crippen molar-refractivity contribution >= 4 is 10.1 Å². The van der Waals surface area contributed by atoms with Gasteiger partial charge in [0.2, 0.25) is 0 Å². The molecule has 4 heteroatoms. The Kier molecular flexibility index (Phi) is 4.80. The molecule has 2 N–H and O–H groups in total. The van der Waals surface area contributed by atoms with Crippen molar-refractivity contribution in [3.8, 4) is 0 Å². The first-order valence-electron chi connectivity index (χ1n) is 6.73.